The molecule has 0 unspecified atom stereocenters. The highest BCUT2D eigenvalue weighted by molar-refractivity contribution is 5.94. The molecule has 11 nitrogen and oxygen atoms in total. The number of H-pyrrole nitrogens is 1. The molecule has 0 radical (unpaired) electrons. The zero-order valence-corrected chi connectivity index (χ0v) is 19.2. The fraction of sp³-hybridized carbons (Fsp3) is 0.292. The van der Waals surface area contributed by atoms with Crippen molar-refractivity contribution in [3.63, 3.8) is 0 Å². The molecule has 0 spiro atoms. The third-order valence-corrected chi connectivity index (χ3v) is 6.80. The number of aromatic amines is 1. The van der Waals surface area contributed by atoms with E-state index in [1.807, 2.05) is 19.1 Å². The summed E-state index contributed by atoms with van der Waals surface area (Å²) in [6, 6.07) is 4.07. The fourth-order valence-electron chi connectivity index (χ4n) is 4.98. The van der Waals surface area contributed by atoms with Crippen molar-refractivity contribution in [3.05, 3.63) is 48.7 Å². The second-order valence-electron chi connectivity index (χ2n) is 8.85. The number of rotatable bonds is 4. The van der Waals surface area contributed by atoms with E-state index in [0.717, 1.165) is 46.3 Å². The molecule has 0 aromatic carbocycles. The quantitative estimate of drug-likeness (QED) is 0.364. The molecule has 0 atom stereocenters. The van der Waals surface area contributed by atoms with Crippen LogP contribution in [0.15, 0.2) is 43.1 Å². The van der Waals surface area contributed by atoms with Gasteiger partial charge < -0.3 is 25.3 Å². The van der Waals surface area contributed by atoms with E-state index in [2.05, 4.69) is 30.8 Å². The Morgan fingerprint density at radius 3 is 2.71 bits per heavy atom. The molecule has 1 amide bonds. The fourth-order valence-corrected chi connectivity index (χ4v) is 4.98. The predicted octanol–water partition coefficient (Wildman–Crippen LogP) is 2.18. The second kappa shape index (κ2) is 8.20. The molecule has 0 saturated carbocycles. The number of aliphatic hydroxyl groups excluding tert-OH is 1. The van der Waals surface area contributed by atoms with Crippen molar-refractivity contribution in [2.45, 2.75) is 25.8 Å². The Labute approximate surface area is 200 Å². The number of aryl methyl sites for hydroxylation is 1. The predicted molar refractivity (Wildman–Crippen MR) is 130 cm³/mol. The Hall–Kier alpha value is -4.25. The van der Waals surface area contributed by atoms with Crippen LogP contribution in [0.5, 0.6) is 0 Å². The smallest absolute Gasteiger partial charge is 0.248 e. The summed E-state index contributed by atoms with van der Waals surface area (Å²) >= 11 is 0. The Morgan fingerprint density at radius 1 is 1.20 bits per heavy atom. The number of hydrogen-bond donors (Lipinski definition) is 3. The summed E-state index contributed by atoms with van der Waals surface area (Å²) in [6.45, 7) is 2.78. The lowest BCUT2D eigenvalue weighted by Crippen LogP contribution is -2.40. The van der Waals surface area contributed by atoms with Crippen LogP contribution in [0.2, 0.25) is 0 Å². The van der Waals surface area contributed by atoms with Crippen LogP contribution in [-0.4, -0.2) is 69.7 Å². The first-order valence-electron chi connectivity index (χ1n) is 11.5. The number of fused-ring (bicyclic) bond motifs is 2. The molecule has 11 heteroatoms. The van der Waals surface area contributed by atoms with Crippen molar-refractivity contribution >= 4 is 28.4 Å². The van der Waals surface area contributed by atoms with Crippen LogP contribution in [0.4, 0.5) is 5.82 Å². The number of carbonyl (C=O) groups is 1. The van der Waals surface area contributed by atoms with E-state index in [9.17, 15) is 9.90 Å². The molecular weight excluding hydrogens is 446 g/mol. The van der Waals surface area contributed by atoms with Crippen molar-refractivity contribution in [1.29, 1.82) is 0 Å². The molecule has 5 aromatic rings. The van der Waals surface area contributed by atoms with Gasteiger partial charge >= 0.3 is 0 Å². The van der Waals surface area contributed by atoms with Crippen LogP contribution in [0, 0.1) is 6.92 Å². The van der Waals surface area contributed by atoms with E-state index in [-0.39, 0.29) is 11.9 Å². The summed E-state index contributed by atoms with van der Waals surface area (Å²) in [7, 11) is 0. The van der Waals surface area contributed by atoms with Gasteiger partial charge in [-0.3, -0.25) is 9.78 Å². The van der Waals surface area contributed by atoms with E-state index >= 15 is 0 Å². The number of nitrogens with two attached hydrogens (primary N) is 1. The summed E-state index contributed by atoms with van der Waals surface area (Å²) in [6.07, 6.45) is 10.7. The molecule has 6 rings (SSSR count). The van der Waals surface area contributed by atoms with Crippen LogP contribution in [0.3, 0.4) is 0 Å². The molecule has 5 aromatic heterocycles. The van der Waals surface area contributed by atoms with Gasteiger partial charge in [-0.05, 0) is 31.4 Å². The standard InChI is InChI=1S/C24H25N9O2/c1-14-12-32(16-4-8-31(9-5-16)19(35)13-34)24-20(14)21(25)33-23(30-24)17(11-29-33)15-2-3-18(28-10-15)22-26-6-7-27-22/h2-3,6-7,10-12,16,34H,4-5,8-9,13,25H2,1H3,(H,26,27). The molecule has 0 bridgehead atoms. The van der Waals surface area contributed by atoms with Crippen LogP contribution in [-0.2, 0) is 4.79 Å². The zero-order valence-electron chi connectivity index (χ0n) is 19.2. The largest absolute Gasteiger partial charge is 0.387 e. The SMILES string of the molecule is Cc1cn(C2CCN(C(=O)CO)CC2)c2nc3c(-c4ccc(-c5ncc[nH]5)nc4)cnn3c(N)c12. The first kappa shape index (κ1) is 21.3. The van der Waals surface area contributed by atoms with Gasteiger partial charge in [0.2, 0.25) is 5.91 Å². The topological polar surface area (TPSA) is 143 Å². The second-order valence-corrected chi connectivity index (χ2v) is 8.85. The van der Waals surface area contributed by atoms with Crippen molar-refractivity contribution in [2.24, 2.45) is 0 Å². The Kier molecular flexibility index (Phi) is 4.99. The number of hydrogen-bond acceptors (Lipinski definition) is 7. The van der Waals surface area contributed by atoms with E-state index in [1.54, 1.807) is 34.2 Å². The molecule has 1 aliphatic heterocycles. The summed E-state index contributed by atoms with van der Waals surface area (Å²) in [5.41, 5.74) is 11.6. The third kappa shape index (κ3) is 3.43. The maximum absolute atomic E-state index is 11.9. The number of nitrogens with zero attached hydrogens (tertiary/aromatic N) is 7. The monoisotopic (exact) mass is 471 g/mol. The summed E-state index contributed by atoms with van der Waals surface area (Å²) < 4.78 is 3.86. The van der Waals surface area contributed by atoms with Gasteiger partial charge in [-0.2, -0.15) is 9.61 Å². The number of nitrogen functional groups attached to an aromatic ring is 1. The van der Waals surface area contributed by atoms with E-state index in [4.69, 9.17) is 10.7 Å². The van der Waals surface area contributed by atoms with Crippen LogP contribution >= 0.6 is 0 Å². The molecule has 178 valence electrons. The lowest BCUT2D eigenvalue weighted by molar-refractivity contribution is -0.135. The first-order chi connectivity index (χ1) is 17.0. The van der Waals surface area contributed by atoms with Gasteiger partial charge in [0, 0.05) is 55.0 Å². The summed E-state index contributed by atoms with van der Waals surface area (Å²) in [5.74, 6) is 1.03. The van der Waals surface area contributed by atoms with Crippen LogP contribution in [0.25, 0.3) is 39.3 Å². The van der Waals surface area contributed by atoms with E-state index < -0.39 is 6.61 Å². The van der Waals surface area contributed by atoms with Gasteiger partial charge in [-0.1, -0.05) is 6.07 Å². The minimum absolute atomic E-state index is 0.184. The number of carbonyl (C=O) groups excluding carboxylic acids is 1. The van der Waals surface area contributed by atoms with Crippen molar-refractivity contribution < 1.29 is 9.90 Å². The molecule has 6 heterocycles. The number of anilines is 1. The van der Waals surface area contributed by atoms with E-state index in [0.29, 0.717) is 30.4 Å². The molecule has 4 N–H and O–H groups in total. The Balaban J connectivity index is 1.40. The molecular formula is C24H25N9O2. The van der Waals surface area contributed by atoms with E-state index in [1.165, 1.54) is 0 Å². The number of pyridine rings is 1. The normalized spacial score (nSPS) is 14.9. The minimum Gasteiger partial charge on any atom is -0.387 e. The highest BCUT2D eigenvalue weighted by Gasteiger charge is 2.26. The Bertz CT molecular complexity index is 1530. The lowest BCUT2D eigenvalue weighted by Gasteiger charge is -2.32. The zero-order chi connectivity index (χ0) is 24.1. The number of likely N-dealkylation sites (tertiary alicyclic amines) is 1. The summed E-state index contributed by atoms with van der Waals surface area (Å²) in [4.78, 5) is 30.5. The van der Waals surface area contributed by atoms with Gasteiger partial charge in [0.25, 0.3) is 0 Å². The summed E-state index contributed by atoms with van der Waals surface area (Å²) in [5, 5.41) is 14.6. The first-order valence-corrected chi connectivity index (χ1v) is 11.5. The maximum Gasteiger partial charge on any atom is 0.248 e. The van der Waals surface area contributed by atoms with Crippen molar-refractivity contribution in [3.8, 4) is 22.6 Å². The molecule has 1 fully saturated rings. The molecule has 35 heavy (non-hydrogen) atoms. The van der Waals surface area contributed by atoms with Crippen molar-refractivity contribution in [1.82, 2.24) is 39.0 Å². The van der Waals surface area contributed by atoms with Crippen molar-refractivity contribution in [2.75, 3.05) is 25.4 Å². The number of nitrogens with one attached hydrogen (secondary N) is 1. The van der Waals surface area contributed by atoms with Crippen LogP contribution < -0.4 is 5.73 Å². The number of aromatic nitrogens is 7. The average Bonchev–Trinajstić information content (AvgIpc) is 3.64. The Morgan fingerprint density at radius 2 is 2.03 bits per heavy atom. The average molecular weight is 472 g/mol. The number of imidazole rings is 1. The van der Waals surface area contributed by atoms with Crippen LogP contribution in [0.1, 0.15) is 24.4 Å². The third-order valence-electron chi connectivity index (χ3n) is 6.80. The molecule has 0 aliphatic carbocycles. The maximum atomic E-state index is 11.9. The highest BCUT2D eigenvalue weighted by Crippen LogP contribution is 2.34. The number of piperidine rings is 1. The minimum atomic E-state index is -0.451. The lowest BCUT2D eigenvalue weighted by atomic mass is 10.0. The number of aliphatic hydroxyl groups is 1. The van der Waals surface area contributed by atoms with Gasteiger partial charge in [-0.15, -0.1) is 0 Å². The van der Waals surface area contributed by atoms with Gasteiger partial charge in [0.05, 0.1) is 11.6 Å². The molecule has 1 aliphatic rings. The molecule has 1 saturated heterocycles. The number of amides is 1. The van der Waals surface area contributed by atoms with Gasteiger partial charge in [0.15, 0.2) is 11.5 Å². The van der Waals surface area contributed by atoms with Gasteiger partial charge in [0.1, 0.15) is 23.8 Å². The highest BCUT2D eigenvalue weighted by atomic mass is 16.3. The van der Waals surface area contributed by atoms with Gasteiger partial charge in [-0.25, -0.2) is 9.97 Å².